The van der Waals surface area contributed by atoms with Crippen LogP contribution in [-0.4, -0.2) is 23.9 Å². The van der Waals surface area contributed by atoms with E-state index in [-0.39, 0.29) is 11.9 Å². The lowest BCUT2D eigenvalue weighted by Gasteiger charge is -2.24. The zero-order valence-corrected chi connectivity index (χ0v) is 13.8. The van der Waals surface area contributed by atoms with E-state index in [1.54, 1.807) is 24.3 Å². The molecule has 0 heterocycles. The molecule has 0 saturated heterocycles. The molecular weight excluding hydrogens is 310 g/mol. The van der Waals surface area contributed by atoms with Crippen LogP contribution in [0.5, 0.6) is 0 Å². The molecule has 118 valence electrons. The van der Waals surface area contributed by atoms with E-state index in [0.29, 0.717) is 22.8 Å². The van der Waals surface area contributed by atoms with Gasteiger partial charge >= 0.3 is 0 Å². The summed E-state index contributed by atoms with van der Waals surface area (Å²) in [4.78, 5) is 14.3. The van der Waals surface area contributed by atoms with Crippen molar-refractivity contribution in [2.75, 3.05) is 12.4 Å². The van der Waals surface area contributed by atoms with E-state index >= 15 is 0 Å². The number of nitrogens with zero attached hydrogens (tertiary/aromatic N) is 2. The average molecular weight is 328 g/mol. The molecule has 0 aliphatic carbocycles. The molecule has 23 heavy (non-hydrogen) atoms. The van der Waals surface area contributed by atoms with Gasteiger partial charge in [0.15, 0.2) is 0 Å². The summed E-state index contributed by atoms with van der Waals surface area (Å²) >= 11 is 5.88. The van der Waals surface area contributed by atoms with Gasteiger partial charge in [0.1, 0.15) is 0 Å². The fourth-order valence-corrected chi connectivity index (χ4v) is 2.25. The maximum absolute atomic E-state index is 12.3. The molecule has 4 nitrogen and oxygen atoms in total. The molecular formula is C18H18ClN3O. The number of amides is 1. The topological polar surface area (TPSA) is 56.1 Å². The molecule has 5 heteroatoms. The summed E-state index contributed by atoms with van der Waals surface area (Å²) in [6.07, 6.45) is 0. The number of carbonyl (C=O) groups excluding carboxylic acids is 1. The Bertz CT molecular complexity index is 722. The van der Waals surface area contributed by atoms with E-state index in [4.69, 9.17) is 16.9 Å². The van der Waals surface area contributed by atoms with Crippen molar-refractivity contribution in [3.63, 3.8) is 0 Å². The third-order valence-corrected chi connectivity index (χ3v) is 3.90. The van der Waals surface area contributed by atoms with Gasteiger partial charge in [-0.25, -0.2) is 0 Å². The Kier molecular flexibility index (Phi) is 5.75. The number of halogens is 1. The Morgan fingerprint density at radius 2 is 2.00 bits per heavy atom. The lowest BCUT2D eigenvalue weighted by atomic mass is 10.1. The molecule has 0 saturated carbocycles. The maximum atomic E-state index is 12.3. The van der Waals surface area contributed by atoms with Gasteiger partial charge in [0.05, 0.1) is 17.7 Å². The number of nitrogens with one attached hydrogen (secondary N) is 1. The normalized spacial score (nSPS) is 11.8. The number of benzene rings is 2. The molecule has 1 unspecified atom stereocenters. The monoisotopic (exact) mass is 327 g/mol. The second-order valence-electron chi connectivity index (χ2n) is 5.40. The minimum Gasteiger partial charge on any atom is -0.325 e. The van der Waals surface area contributed by atoms with E-state index in [1.807, 2.05) is 43.1 Å². The second-order valence-corrected chi connectivity index (χ2v) is 5.84. The molecule has 2 aromatic carbocycles. The van der Waals surface area contributed by atoms with Crippen LogP contribution in [0.15, 0.2) is 48.5 Å². The Balaban J connectivity index is 1.98. The number of nitriles is 1. The average Bonchev–Trinajstić information content (AvgIpc) is 2.56. The molecule has 0 spiro atoms. The van der Waals surface area contributed by atoms with E-state index in [0.717, 1.165) is 5.56 Å². The van der Waals surface area contributed by atoms with E-state index < -0.39 is 0 Å². The van der Waals surface area contributed by atoms with Crippen molar-refractivity contribution in [1.82, 2.24) is 4.90 Å². The van der Waals surface area contributed by atoms with Crippen molar-refractivity contribution in [2.24, 2.45) is 0 Å². The van der Waals surface area contributed by atoms with Crippen LogP contribution >= 0.6 is 11.6 Å². The van der Waals surface area contributed by atoms with Gasteiger partial charge in [0, 0.05) is 17.3 Å². The van der Waals surface area contributed by atoms with Crippen molar-refractivity contribution in [3.8, 4) is 6.07 Å². The Morgan fingerprint density at radius 1 is 1.30 bits per heavy atom. The van der Waals surface area contributed by atoms with Crippen LogP contribution in [0.4, 0.5) is 5.69 Å². The van der Waals surface area contributed by atoms with E-state index in [1.165, 1.54) is 0 Å². The molecule has 0 aromatic heterocycles. The number of carbonyl (C=O) groups is 1. The van der Waals surface area contributed by atoms with Crippen molar-refractivity contribution in [2.45, 2.75) is 19.5 Å². The summed E-state index contributed by atoms with van der Waals surface area (Å²) in [6.45, 7) is 2.49. The number of anilines is 1. The minimum absolute atomic E-state index is 0.114. The SMILES string of the molecule is CC(C(=O)Nc1cccc(C#N)c1)N(C)Cc1ccc(Cl)cc1. The van der Waals surface area contributed by atoms with Crippen LogP contribution in [0.2, 0.25) is 5.02 Å². The summed E-state index contributed by atoms with van der Waals surface area (Å²) < 4.78 is 0. The first-order valence-electron chi connectivity index (χ1n) is 7.25. The second kappa shape index (κ2) is 7.77. The van der Waals surface area contributed by atoms with Crippen molar-refractivity contribution in [3.05, 3.63) is 64.7 Å². The highest BCUT2D eigenvalue weighted by Crippen LogP contribution is 2.14. The van der Waals surface area contributed by atoms with Crippen molar-refractivity contribution in [1.29, 1.82) is 5.26 Å². The van der Waals surface area contributed by atoms with Gasteiger partial charge in [-0.05, 0) is 49.9 Å². The van der Waals surface area contributed by atoms with Crippen molar-refractivity contribution >= 4 is 23.2 Å². The predicted molar refractivity (Wildman–Crippen MR) is 92.2 cm³/mol. The molecule has 1 amide bonds. The van der Waals surface area contributed by atoms with Crippen LogP contribution in [0.1, 0.15) is 18.1 Å². The fourth-order valence-electron chi connectivity index (χ4n) is 2.13. The predicted octanol–water partition coefficient (Wildman–Crippen LogP) is 3.67. The minimum atomic E-state index is -0.309. The maximum Gasteiger partial charge on any atom is 0.241 e. The smallest absolute Gasteiger partial charge is 0.241 e. The largest absolute Gasteiger partial charge is 0.325 e. The van der Waals surface area contributed by atoms with Gasteiger partial charge in [-0.15, -0.1) is 0 Å². The van der Waals surface area contributed by atoms with Gasteiger partial charge in [-0.3, -0.25) is 9.69 Å². The number of hydrogen-bond acceptors (Lipinski definition) is 3. The van der Waals surface area contributed by atoms with Crippen LogP contribution in [0, 0.1) is 11.3 Å². The Morgan fingerprint density at radius 3 is 2.65 bits per heavy atom. The lowest BCUT2D eigenvalue weighted by Crippen LogP contribution is -2.39. The first kappa shape index (κ1) is 17.0. The highest BCUT2D eigenvalue weighted by molar-refractivity contribution is 6.30. The molecule has 1 N–H and O–H groups in total. The van der Waals surface area contributed by atoms with Crippen LogP contribution < -0.4 is 5.32 Å². The molecule has 0 aliphatic heterocycles. The lowest BCUT2D eigenvalue weighted by molar-refractivity contribution is -0.120. The molecule has 1 atom stereocenters. The van der Waals surface area contributed by atoms with Gasteiger partial charge in [0.2, 0.25) is 5.91 Å². The van der Waals surface area contributed by atoms with Crippen molar-refractivity contribution < 1.29 is 4.79 Å². The molecule has 0 fully saturated rings. The zero-order valence-electron chi connectivity index (χ0n) is 13.1. The Hall–Kier alpha value is -2.35. The quantitative estimate of drug-likeness (QED) is 0.911. The number of hydrogen-bond donors (Lipinski definition) is 1. The summed E-state index contributed by atoms with van der Waals surface area (Å²) in [5, 5.41) is 12.4. The third kappa shape index (κ3) is 4.82. The third-order valence-electron chi connectivity index (χ3n) is 3.65. The van der Waals surface area contributed by atoms with Gasteiger partial charge in [-0.2, -0.15) is 5.26 Å². The highest BCUT2D eigenvalue weighted by atomic mass is 35.5. The summed E-state index contributed by atoms with van der Waals surface area (Å²) in [5.41, 5.74) is 2.23. The fraction of sp³-hybridized carbons (Fsp3) is 0.222. The zero-order chi connectivity index (χ0) is 16.8. The van der Waals surface area contributed by atoms with Crippen LogP contribution in [-0.2, 0) is 11.3 Å². The molecule has 0 radical (unpaired) electrons. The molecule has 2 aromatic rings. The number of likely N-dealkylation sites (N-methyl/N-ethyl adjacent to an activating group) is 1. The molecule has 0 bridgehead atoms. The van der Waals surface area contributed by atoms with Crippen LogP contribution in [0.3, 0.4) is 0 Å². The Labute approximate surface area is 141 Å². The van der Waals surface area contributed by atoms with Gasteiger partial charge in [0.25, 0.3) is 0 Å². The van der Waals surface area contributed by atoms with E-state index in [9.17, 15) is 4.79 Å². The molecule has 2 rings (SSSR count). The summed E-state index contributed by atoms with van der Waals surface area (Å²) in [5.74, 6) is -0.114. The van der Waals surface area contributed by atoms with Gasteiger partial charge in [-0.1, -0.05) is 29.8 Å². The number of rotatable bonds is 5. The summed E-state index contributed by atoms with van der Waals surface area (Å²) in [6, 6.07) is 16.2. The van der Waals surface area contributed by atoms with Gasteiger partial charge < -0.3 is 5.32 Å². The first-order valence-corrected chi connectivity index (χ1v) is 7.63. The first-order chi connectivity index (χ1) is 11.0. The highest BCUT2D eigenvalue weighted by Gasteiger charge is 2.18. The standard InChI is InChI=1S/C18H18ClN3O/c1-13(22(2)12-14-6-8-16(19)9-7-14)18(23)21-17-5-3-4-15(10-17)11-20/h3-10,13H,12H2,1-2H3,(H,21,23). The van der Waals surface area contributed by atoms with Crippen LogP contribution in [0.25, 0.3) is 0 Å². The summed E-state index contributed by atoms with van der Waals surface area (Å²) in [7, 11) is 1.89. The van der Waals surface area contributed by atoms with E-state index in [2.05, 4.69) is 11.4 Å². The molecule has 0 aliphatic rings.